The first kappa shape index (κ1) is 23.3. The average molecular weight is 464 g/mol. The van der Waals surface area contributed by atoms with Gasteiger partial charge >= 0.3 is 0 Å². The van der Waals surface area contributed by atoms with E-state index in [0.29, 0.717) is 43.6 Å². The Morgan fingerprint density at radius 1 is 1.03 bits per heavy atom. The Hall–Kier alpha value is -3.88. The number of anilines is 2. The number of aliphatic imine (C=N–C) groups is 1. The average Bonchev–Trinajstić information content (AvgIpc) is 2.85. The van der Waals surface area contributed by atoms with Crippen LogP contribution in [0.4, 0.5) is 11.4 Å². The van der Waals surface area contributed by atoms with Crippen molar-refractivity contribution in [2.45, 2.75) is 38.1 Å². The van der Waals surface area contributed by atoms with Gasteiger partial charge in [0.25, 0.3) is 11.8 Å². The molecule has 1 unspecified atom stereocenters. The van der Waals surface area contributed by atoms with Gasteiger partial charge in [-0.05, 0) is 62.1 Å². The number of allylic oxidation sites excluding steroid dienone is 1. The number of nitrogens with zero attached hydrogens (tertiary/aromatic N) is 3. The smallest absolute Gasteiger partial charge is 0.276 e. The Balaban J connectivity index is 1.61. The van der Waals surface area contributed by atoms with Crippen LogP contribution < -0.4 is 21.3 Å². The molecule has 2 aliphatic heterocycles. The van der Waals surface area contributed by atoms with Gasteiger partial charge in [0.15, 0.2) is 0 Å². The summed E-state index contributed by atoms with van der Waals surface area (Å²) in [4.78, 5) is 45.6. The Kier molecular flexibility index (Phi) is 6.81. The lowest BCUT2D eigenvalue weighted by atomic mass is 9.96. The van der Waals surface area contributed by atoms with Crippen molar-refractivity contribution in [2.75, 3.05) is 30.0 Å². The van der Waals surface area contributed by atoms with Gasteiger partial charge in [-0.3, -0.25) is 19.4 Å². The van der Waals surface area contributed by atoms with E-state index in [1.807, 2.05) is 36.4 Å². The Morgan fingerprint density at radius 2 is 1.74 bits per heavy atom. The molecule has 4 rings (SSSR count). The molecule has 0 aromatic heterocycles. The van der Waals surface area contributed by atoms with Crippen molar-refractivity contribution in [1.29, 1.82) is 0 Å². The van der Waals surface area contributed by atoms with Crippen molar-refractivity contribution in [3.63, 3.8) is 0 Å². The number of methoxy groups -OCH3 is 1. The fourth-order valence-electron chi connectivity index (χ4n) is 4.38. The third kappa shape index (κ3) is 4.73. The molecule has 1 atom stereocenters. The normalized spacial score (nSPS) is 23.7. The third-order valence-corrected chi connectivity index (χ3v) is 6.28. The number of benzene rings is 1. The summed E-state index contributed by atoms with van der Waals surface area (Å²) in [5, 5.41) is 0. The monoisotopic (exact) mass is 463 g/mol. The van der Waals surface area contributed by atoms with Crippen LogP contribution in [0.5, 0.6) is 0 Å². The molecule has 9 nitrogen and oxygen atoms in total. The molecule has 4 N–H and O–H groups in total. The quantitative estimate of drug-likeness (QED) is 0.644. The number of primary amides is 1. The van der Waals surface area contributed by atoms with Gasteiger partial charge in [-0.2, -0.15) is 0 Å². The van der Waals surface area contributed by atoms with E-state index < -0.39 is 5.91 Å². The van der Waals surface area contributed by atoms with Gasteiger partial charge in [-0.15, -0.1) is 0 Å². The maximum atomic E-state index is 13.5. The maximum absolute atomic E-state index is 13.5. The van der Waals surface area contributed by atoms with Crippen molar-refractivity contribution < 1.29 is 19.1 Å². The first-order valence-electron chi connectivity index (χ1n) is 11.4. The second kappa shape index (κ2) is 9.94. The molecule has 9 heteroatoms. The van der Waals surface area contributed by atoms with Crippen molar-refractivity contribution in [2.24, 2.45) is 16.5 Å². The highest BCUT2D eigenvalue weighted by molar-refractivity contribution is 6.50. The first-order chi connectivity index (χ1) is 16.4. The SMILES string of the molecule is COC1=CCC(N=C2C(=O)N(c3ccc(N4CCCCC4=O)cc3)CCC2=C(N)C(N)=O)C=C1. The number of hydrogen-bond donors (Lipinski definition) is 2. The number of ether oxygens (including phenoxy) is 1. The minimum Gasteiger partial charge on any atom is -0.497 e. The van der Waals surface area contributed by atoms with Crippen molar-refractivity contribution in [3.8, 4) is 0 Å². The Bertz CT molecular complexity index is 1120. The molecule has 34 heavy (non-hydrogen) atoms. The first-order valence-corrected chi connectivity index (χ1v) is 11.4. The highest BCUT2D eigenvalue weighted by atomic mass is 16.5. The molecule has 3 aliphatic rings. The molecule has 178 valence electrons. The standard InChI is InChI=1S/C25H29N5O4/c1-34-19-11-5-16(6-12-19)28-23-20(22(26)24(27)32)13-15-30(25(23)33)18-9-7-17(8-10-18)29-14-3-2-4-21(29)31/h5,7-12,16H,2-4,6,13-15,26H2,1H3,(H2,27,32). The van der Waals surface area contributed by atoms with Crippen LogP contribution in [-0.2, 0) is 19.1 Å². The zero-order valence-corrected chi connectivity index (χ0v) is 19.2. The summed E-state index contributed by atoms with van der Waals surface area (Å²) in [7, 11) is 1.59. The van der Waals surface area contributed by atoms with Gasteiger partial charge in [0.2, 0.25) is 5.91 Å². The number of carbonyl (C=O) groups excluding carboxylic acids is 3. The maximum Gasteiger partial charge on any atom is 0.276 e. The van der Waals surface area contributed by atoms with E-state index in [4.69, 9.17) is 16.2 Å². The molecule has 1 aromatic carbocycles. The zero-order valence-electron chi connectivity index (χ0n) is 19.2. The zero-order chi connectivity index (χ0) is 24.2. The lowest BCUT2D eigenvalue weighted by Crippen LogP contribution is -2.45. The van der Waals surface area contributed by atoms with Crippen LogP contribution in [0.3, 0.4) is 0 Å². The lowest BCUT2D eigenvalue weighted by Gasteiger charge is -2.31. The topological polar surface area (TPSA) is 131 Å². The van der Waals surface area contributed by atoms with Gasteiger partial charge in [0, 0.05) is 36.5 Å². The molecule has 2 fully saturated rings. The molecule has 1 aromatic rings. The summed E-state index contributed by atoms with van der Waals surface area (Å²) in [5.74, 6) is -0.277. The van der Waals surface area contributed by atoms with Crippen molar-refractivity contribution >= 4 is 34.8 Å². The number of amides is 3. The van der Waals surface area contributed by atoms with Gasteiger partial charge in [-0.1, -0.05) is 6.08 Å². The van der Waals surface area contributed by atoms with E-state index in [2.05, 4.69) is 4.99 Å². The van der Waals surface area contributed by atoms with Gasteiger partial charge in [0.05, 0.1) is 13.2 Å². The third-order valence-electron chi connectivity index (χ3n) is 6.28. The van der Waals surface area contributed by atoms with E-state index in [-0.39, 0.29) is 29.3 Å². The van der Waals surface area contributed by atoms with Crippen LogP contribution in [0.25, 0.3) is 0 Å². The molecule has 0 bridgehead atoms. The summed E-state index contributed by atoms with van der Waals surface area (Å²) in [5.41, 5.74) is 13.2. The molecule has 2 saturated heterocycles. The minimum atomic E-state index is -0.778. The summed E-state index contributed by atoms with van der Waals surface area (Å²) >= 11 is 0. The van der Waals surface area contributed by atoms with E-state index in [1.165, 1.54) is 0 Å². The highest BCUT2D eigenvalue weighted by Gasteiger charge is 2.33. The van der Waals surface area contributed by atoms with E-state index in [1.54, 1.807) is 23.0 Å². The largest absolute Gasteiger partial charge is 0.497 e. The molecule has 0 saturated carbocycles. The molecular formula is C25H29N5O4. The van der Waals surface area contributed by atoms with Crippen LogP contribution >= 0.6 is 0 Å². The van der Waals surface area contributed by atoms with E-state index in [9.17, 15) is 14.4 Å². The second-order valence-corrected chi connectivity index (χ2v) is 8.43. The van der Waals surface area contributed by atoms with Crippen LogP contribution in [0, 0.1) is 0 Å². The molecule has 1 aliphatic carbocycles. The van der Waals surface area contributed by atoms with Crippen LogP contribution in [0.1, 0.15) is 32.1 Å². The molecule has 2 heterocycles. The Labute approximate surface area is 198 Å². The van der Waals surface area contributed by atoms with Gasteiger partial charge in [-0.25, -0.2) is 0 Å². The molecule has 0 radical (unpaired) electrons. The fraction of sp³-hybridized carbons (Fsp3) is 0.360. The van der Waals surface area contributed by atoms with Crippen LogP contribution in [-0.4, -0.2) is 49.7 Å². The van der Waals surface area contributed by atoms with E-state index in [0.717, 1.165) is 24.3 Å². The number of nitrogens with two attached hydrogens (primary N) is 2. The number of carbonyl (C=O) groups is 3. The fourth-order valence-corrected chi connectivity index (χ4v) is 4.38. The second-order valence-electron chi connectivity index (χ2n) is 8.43. The van der Waals surface area contributed by atoms with E-state index >= 15 is 0 Å². The van der Waals surface area contributed by atoms with Crippen molar-refractivity contribution in [1.82, 2.24) is 0 Å². The van der Waals surface area contributed by atoms with Crippen molar-refractivity contribution in [3.05, 3.63) is 59.5 Å². The molecule has 3 amide bonds. The number of hydrogen-bond acceptors (Lipinski definition) is 6. The summed E-state index contributed by atoms with van der Waals surface area (Å²) in [6, 6.07) is 7.07. The summed E-state index contributed by atoms with van der Waals surface area (Å²) in [6.07, 6.45) is 8.89. The van der Waals surface area contributed by atoms with Crippen LogP contribution in [0.15, 0.2) is 64.5 Å². The summed E-state index contributed by atoms with van der Waals surface area (Å²) < 4.78 is 5.21. The predicted octanol–water partition coefficient (Wildman–Crippen LogP) is 1.94. The number of piperidine rings is 2. The van der Waals surface area contributed by atoms with Gasteiger partial charge in [0.1, 0.15) is 17.2 Å². The highest BCUT2D eigenvalue weighted by Crippen LogP contribution is 2.28. The number of rotatable bonds is 5. The van der Waals surface area contributed by atoms with Crippen LogP contribution in [0.2, 0.25) is 0 Å². The predicted molar refractivity (Wildman–Crippen MR) is 130 cm³/mol. The Morgan fingerprint density at radius 3 is 2.32 bits per heavy atom. The van der Waals surface area contributed by atoms with Gasteiger partial charge < -0.3 is 26.0 Å². The molecular weight excluding hydrogens is 434 g/mol. The molecule has 0 spiro atoms. The lowest BCUT2D eigenvalue weighted by molar-refractivity contribution is -0.119. The summed E-state index contributed by atoms with van der Waals surface area (Å²) in [6.45, 7) is 1.03. The minimum absolute atomic E-state index is 0.116.